The second-order valence-corrected chi connectivity index (χ2v) is 5.90. The standard InChI is InChI=1S/C18H20FNO/c1-12-10-14-6-3-4-9-17(14)20(11-12)18-15(13(2)21)7-5-8-16(18)19/h3-9,12-13,21H,10-11H2,1-2H3. The number of fused-ring (bicyclic) bond motifs is 1. The zero-order chi connectivity index (χ0) is 15.0. The maximum Gasteiger partial charge on any atom is 0.147 e. The molecular weight excluding hydrogens is 265 g/mol. The van der Waals surface area contributed by atoms with E-state index in [0.717, 1.165) is 18.7 Å². The van der Waals surface area contributed by atoms with Crippen LogP contribution in [-0.2, 0) is 6.42 Å². The molecule has 2 aromatic carbocycles. The van der Waals surface area contributed by atoms with Gasteiger partial charge < -0.3 is 10.0 Å². The fourth-order valence-corrected chi connectivity index (χ4v) is 3.16. The number of rotatable bonds is 2. The molecule has 0 radical (unpaired) electrons. The third kappa shape index (κ3) is 2.54. The van der Waals surface area contributed by atoms with Crippen LogP contribution in [0.2, 0.25) is 0 Å². The first-order chi connectivity index (χ1) is 10.1. The van der Waals surface area contributed by atoms with Crippen LogP contribution in [0, 0.1) is 11.7 Å². The number of para-hydroxylation sites is 2. The maximum atomic E-state index is 14.5. The van der Waals surface area contributed by atoms with Gasteiger partial charge in [-0.15, -0.1) is 0 Å². The van der Waals surface area contributed by atoms with Gasteiger partial charge in [0.1, 0.15) is 5.82 Å². The molecule has 0 saturated heterocycles. The highest BCUT2D eigenvalue weighted by molar-refractivity contribution is 5.71. The predicted octanol–water partition coefficient (Wildman–Crippen LogP) is 4.21. The minimum Gasteiger partial charge on any atom is -0.389 e. The molecule has 0 bridgehead atoms. The molecule has 0 spiro atoms. The highest BCUT2D eigenvalue weighted by Gasteiger charge is 2.27. The Hall–Kier alpha value is -1.87. The van der Waals surface area contributed by atoms with Crippen molar-refractivity contribution in [2.45, 2.75) is 26.4 Å². The number of anilines is 2. The van der Waals surface area contributed by atoms with Gasteiger partial charge in [0.15, 0.2) is 0 Å². The highest BCUT2D eigenvalue weighted by Crippen LogP contribution is 2.39. The smallest absolute Gasteiger partial charge is 0.147 e. The lowest BCUT2D eigenvalue weighted by Crippen LogP contribution is -2.32. The predicted molar refractivity (Wildman–Crippen MR) is 83.3 cm³/mol. The van der Waals surface area contributed by atoms with Crippen molar-refractivity contribution in [3.8, 4) is 0 Å². The monoisotopic (exact) mass is 285 g/mol. The zero-order valence-corrected chi connectivity index (χ0v) is 12.4. The van der Waals surface area contributed by atoms with Crippen LogP contribution in [0.5, 0.6) is 0 Å². The van der Waals surface area contributed by atoms with Crippen LogP contribution in [0.15, 0.2) is 42.5 Å². The summed E-state index contributed by atoms with van der Waals surface area (Å²) < 4.78 is 14.5. The molecule has 1 aliphatic rings. The summed E-state index contributed by atoms with van der Waals surface area (Å²) in [6, 6.07) is 13.0. The molecule has 2 aromatic rings. The fraction of sp³-hybridized carbons (Fsp3) is 0.333. The normalized spacial score (nSPS) is 19.2. The first-order valence-electron chi connectivity index (χ1n) is 7.40. The van der Waals surface area contributed by atoms with Crippen LogP contribution in [-0.4, -0.2) is 11.7 Å². The molecule has 1 heterocycles. The summed E-state index contributed by atoms with van der Waals surface area (Å²) >= 11 is 0. The van der Waals surface area contributed by atoms with E-state index >= 15 is 0 Å². The van der Waals surface area contributed by atoms with E-state index in [1.165, 1.54) is 11.6 Å². The Bertz CT molecular complexity index is 653. The van der Waals surface area contributed by atoms with Gasteiger partial charge >= 0.3 is 0 Å². The summed E-state index contributed by atoms with van der Waals surface area (Å²) in [6.07, 6.45) is 0.311. The molecule has 0 aromatic heterocycles. The number of hydrogen-bond acceptors (Lipinski definition) is 2. The number of aliphatic hydroxyl groups is 1. The molecule has 3 rings (SSSR count). The number of benzene rings is 2. The zero-order valence-electron chi connectivity index (χ0n) is 12.4. The molecule has 2 atom stereocenters. The van der Waals surface area contributed by atoms with E-state index < -0.39 is 6.10 Å². The van der Waals surface area contributed by atoms with E-state index in [2.05, 4.69) is 13.0 Å². The lowest BCUT2D eigenvalue weighted by molar-refractivity contribution is 0.199. The van der Waals surface area contributed by atoms with Crippen LogP contribution >= 0.6 is 0 Å². The minimum absolute atomic E-state index is 0.280. The van der Waals surface area contributed by atoms with Crippen molar-refractivity contribution in [1.82, 2.24) is 0 Å². The maximum absolute atomic E-state index is 14.5. The molecule has 0 saturated carbocycles. The SMILES string of the molecule is CC1Cc2ccccc2N(c2c(F)cccc2C(C)O)C1. The second kappa shape index (κ2) is 5.49. The van der Waals surface area contributed by atoms with Gasteiger partial charge in [-0.25, -0.2) is 4.39 Å². The number of hydrogen-bond donors (Lipinski definition) is 1. The molecule has 0 aliphatic carbocycles. The van der Waals surface area contributed by atoms with Crippen molar-refractivity contribution < 1.29 is 9.50 Å². The molecule has 2 unspecified atom stereocenters. The van der Waals surface area contributed by atoms with Crippen LogP contribution in [0.1, 0.15) is 31.1 Å². The fourth-order valence-electron chi connectivity index (χ4n) is 3.16. The second-order valence-electron chi connectivity index (χ2n) is 5.90. The van der Waals surface area contributed by atoms with Gasteiger partial charge in [0, 0.05) is 17.8 Å². The average molecular weight is 285 g/mol. The van der Waals surface area contributed by atoms with Crippen LogP contribution in [0.25, 0.3) is 0 Å². The van der Waals surface area contributed by atoms with Crippen molar-refractivity contribution >= 4 is 11.4 Å². The van der Waals surface area contributed by atoms with Crippen molar-refractivity contribution in [2.24, 2.45) is 5.92 Å². The molecular formula is C18H20FNO. The third-order valence-corrected chi connectivity index (χ3v) is 4.08. The van der Waals surface area contributed by atoms with Crippen LogP contribution in [0.4, 0.5) is 15.8 Å². The molecule has 0 amide bonds. The van der Waals surface area contributed by atoms with E-state index in [9.17, 15) is 9.50 Å². The Kier molecular flexibility index (Phi) is 3.68. The number of nitrogens with zero attached hydrogens (tertiary/aromatic N) is 1. The third-order valence-electron chi connectivity index (χ3n) is 4.08. The summed E-state index contributed by atoms with van der Waals surface area (Å²) in [5.74, 6) is 0.165. The van der Waals surface area contributed by atoms with Crippen molar-refractivity contribution in [2.75, 3.05) is 11.4 Å². The quantitative estimate of drug-likeness (QED) is 0.893. The Morgan fingerprint density at radius 3 is 2.71 bits per heavy atom. The molecule has 110 valence electrons. The minimum atomic E-state index is -0.694. The van der Waals surface area contributed by atoms with E-state index in [1.807, 2.05) is 23.1 Å². The number of aliphatic hydroxyl groups excluding tert-OH is 1. The van der Waals surface area contributed by atoms with Crippen LogP contribution < -0.4 is 4.90 Å². The van der Waals surface area contributed by atoms with E-state index in [1.54, 1.807) is 19.1 Å². The summed E-state index contributed by atoms with van der Waals surface area (Å²) in [5.41, 5.74) is 3.42. The summed E-state index contributed by atoms with van der Waals surface area (Å²) in [7, 11) is 0. The first-order valence-corrected chi connectivity index (χ1v) is 7.40. The Balaban J connectivity index is 2.17. The van der Waals surface area contributed by atoms with Gasteiger partial charge in [-0.3, -0.25) is 0 Å². The Morgan fingerprint density at radius 1 is 1.19 bits per heavy atom. The summed E-state index contributed by atoms with van der Waals surface area (Å²) in [5, 5.41) is 9.98. The lowest BCUT2D eigenvalue weighted by atomic mass is 9.92. The molecule has 2 nitrogen and oxygen atoms in total. The van der Waals surface area contributed by atoms with Gasteiger partial charge in [-0.2, -0.15) is 0 Å². The Morgan fingerprint density at radius 2 is 1.95 bits per heavy atom. The molecule has 3 heteroatoms. The van der Waals surface area contributed by atoms with Crippen LogP contribution in [0.3, 0.4) is 0 Å². The first kappa shape index (κ1) is 14.1. The highest BCUT2D eigenvalue weighted by atomic mass is 19.1. The van der Waals surface area contributed by atoms with Crippen molar-refractivity contribution in [3.63, 3.8) is 0 Å². The molecule has 0 fully saturated rings. The van der Waals surface area contributed by atoms with E-state index in [4.69, 9.17) is 0 Å². The largest absolute Gasteiger partial charge is 0.389 e. The average Bonchev–Trinajstić information content (AvgIpc) is 2.46. The van der Waals surface area contributed by atoms with Gasteiger partial charge in [0.25, 0.3) is 0 Å². The van der Waals surface area contributed by atoms with Crippen molar-refractivity contribution in [1.29, 1.82) is 0 Å². The van der Waals surface area contributed by atoms with Crippen molar-refractivity contribution in [3.05, 3.63) is 59.4 Å². The number of halogens is 1. The summed E-state index contributed by atoms with van der Waals surface area (Å²) in [6.45, 7) is 4.61. The van der Waals surface area contributed by atoms with Gasteiger partial charge in [-0.1, -0.05) is 37.3 Å². The van der Waals surface area contributed by atoms with Gasteiger partial charge in [0.05, 0.1) is 11.8 Å². The summed E-state index contributed by atoms with van der Waals surface area (Å²) in [4.78, 5) is 2.01. The topological polar surface area (TPSA) is 23.5 Å². The molecule has 1 aliphatic heterocycles. The van der Waals surface area contributed by atoms with E-state index in [-0.39, 0.29) is 5.82 Å². The van der Waals surface area contributed by atoms with E-state index in [0.29, 0.717) is 17.2 Å². The molecule has 21 heavy (non-hydrogen) atoms. The Labute approximate surface area is 124 Å². The lowest BCUT2D eigenvalue weighted by Gasteiger charge is -2.36. The molecule has 1 N–H and O–H groups in total. The van der Waals surface area contributed by atoms with Gasteiger partial charge in [0.2, 0.25) is 0 Å². The van der Waals surface area contributed by atoms with Gasteiger partial charge in [-0.05, 0) is 37.0 Å².